The average molecular weight is 401 g/mol. The van der Waals surface area contributed by atoms with Crippen molar-refractivity contribution in [1.29, 1.82) is 0 Å². The second-order valence-electron chi connectivity index (χ2n) is 7.77. The van der Waals surface area contributed by atoms with Crippen molar-refractivity contribution in [3.63, 3.8) is 0 Å². The van der Waals surface area contributed by atoms with Gasteiger partial charge in [0.1, 0.15) is 0 Å². The number of hydrogen-bond donors (Lipinski definition) is 2. The van der Waals surface area contributed by atoms with Crippen LogP contribution in [0.15, 0.2) is 53.4 Å². The van der Waals surface area contributed by atoms with E-state index in [2.05, 4.69) is 40.0 Å². The van der Waals surface area contributed by atoms with Crippen molar-refractivity contribution < 1.29 is 8.42 Å². The van der Waals surface area contributed by atoms with E-state index in [1.54, 1.807) is 16.4 Å². The molecule has 150 valence electrons. The van der Waals surface area contributed by atoms with E-state index in [-0.39, 0.29) is 12.2 Å². The SMILES string of the molecule is Cc1cc(C)cc(S(=O)(=O)N2CCN(C3CC(c4ccccc4)NN3)CC2)c1. The van der Waals surface area contributed by atoms with E-state index in [9.17, 15) is 8.42 Å². The van der Waals surface area contributed by atoms with Crippen molar-refractivity contribution in [2.24, 2.45) is 0 Å². The van der Waals surface area contributed by atoms with Crippen LogP contribution in [0.2, 0.25) is 0 Å². The first-order valence-corrected chi connectivity index (χ1v) is 11.3. The Hall–Kier alpha value is -1.77. The molecule has 2 aromatic carbocycles. The molecule has 2 unspecified atom stereocenters. The van der Waals surface area contributed by atoms with Gasteiger partial charge >= 0.3 is 0 Å². The minimum Gasteiger partial charge on any atom is -0.284 e. The van der Waals surface area contributed by atoms with E-state index in [0.29, 0.717) is 18.0 Å². The molecule has 0 radical (unpaired) electrons. The van der Waals surface area contributed by atoms with E-state index in [1.165, 1.54) is 5.56 Å². The number of nitrogens with one attached hydrogen (secondary N) is 2. The lowest BCUT2D eigenvalue weighted by Gasteiger charge is -2.37. The third-order valence-corrected chi connectivity index (χ3v) is 7.51. The molecule has 6 nitrogen and oxygen atoms in total. The maximum atomic E-state index is 13.0. The topological polar surface area (TPSA) is 64.7 Å². The molecule has 0 spiro atoms. The maximum absolute atomic E-state index is 13.0. The summed E-state index contributed by atoms with van der Waals surface area (Å²) in [5.41, 5.74) is 9.99. The number of piperazine rings is 1. The first kappa shape index (κ1) is 19.5. The van der Waals surface area contributed by atoms with Gasteiger partial charge in [0.05, 0.1) is 11.1 Å². The van der Waals surface area contributed by atoms with Gasteiger partial charge in [0.15, 0.2) is 0 Å². The van der Waals surface area contributed by atoms with Gasteiger partial charge in [0, 0.05) is 32.2 Å². The van der Waals surface area contributed by atoms with Crippen LogP contribution in [0.1, 0.15) is 29.2 Å². The molecule has 2 heterocycles. The minimum absolute atomic E-state index is 0.219. The second kappa shape index (κ2) is 7.93. The summed E-state index contributed by atoms with van der Waals surface area (Å²) in [6, 6.07) is 16.2. The van der Waals surface area contributed by atoms with Crippen molar-refractivity contribution in [2.45, 2.75) is 37.4 Å². The molecule has 2 saturated heterocycles. The first-order valence-electron chi connectivity index (χ1n) is 9.82. The Kier molecular flexibility index (Phi) is 5.53. The molecule has 0 amide bonds. The first-order chi connectivity index (χ1) is 13.4. The largest absolute Gasteiger partial charge is 0.284 e. The van der Waals surface area contributed by atoms with Crippen molar-refractivity contribution in [1.82, 2.24) is 20.1 Å². The highest BCUT2D eigenvalue weighted by Crippen LogP contribution is 2.26. The molecule has 2 aromatic rings. The van der Waals surface area contributed by atoms with Crippen LogP contribution in [0, 0.1) is 13.8 Å². The third kappa shape index (κ3) is 3.99. The van der Waals surface area contributed by atoms with E-state index in [1.807, 2.05) is 26.0 Å². The molecule has 2 atom stereocenters. The molecule has 0 saturated carbocycles. The minimum atomic E-state index is -3.44. The van der Waals surface area contributed by atoms with Crippen LogP contribution in [0.25, 0.3) is 0 Å². The quantitative estimate of drug-likeness (QED) is 0.824. The highest BCUT2D eigenvalue weighted by molar-refractivity contribution is 7.89. The van der Waals surface area contributed by atoms with Crippen LogP contribution in [0.5, 0.6) is 0 Å². The summed E-state index contributed by atoms with van der Waals surface area (Å²) >= 11 is 0. The van der Waals surface area contributed by atoms with Gasteiger partial charge in [-0.25, -0.2) is 19.3 Å². The number of nitrogens with zero attached hydrogens (tertiary/aromatic N) is 2. The standard InChI is InChI=1S/C21H28N4O2S/c1-16-12-17(2)14-19(13-16)28(26,27)25-10-8-24(9-11-25)21-15-20(22-23-21)18-6-4-3-5-7-18/h3-7,12-14,20-23H,8-11,15H2,1-2H3. The van der Waals surface area contributed by atoms with Crippen LogP contribution in [-0.4, -0.2) is 50.0 Å². The van der Waals surface area contributed by atoms with Gasteiger partial charge in [0.2, 0.25) is 10.0 Å². The lowest BCUT2D eigenvalue weighted by molar-refractivity contribution is 0.123. The Morgan fingerprint density at radius 3 is 2.18 bits per heavy atom. The summed E-state index contributed by atoms with van der Waals surface area (Å²) in [4.78, 5) is 2.74. The van der Waals surface area contributed by atoms with E-state index < -0.39 is 10.0 Å². The Balaban J connectivity index is 1.38. The van der Waals surface area contributed by atoms with Gasteiger partial charge in [-0.2, -0.15) is 4.31 Å². The van der Waals surface area contributed by atoms with Crippen molar-refractivity contribution in [2.75, 3.05) is 26.2 Å². The monoisotopic (exact) mass is 400 g/mol. The van der Waals surface area contributed by atoms with E-state index >= 15 is 0 Å². The summed E-state index contributed by atoms with van der Waals surface area (Å²) in [6.45, 7) is 6.36. The van der Waals surface area contributed by atoms with Crippen LogP contribution < -0.4 is 10.9 Å². The maximum Gasteiger partial charge on any atom is 0.243 e. The second-order valence-corrected chi connectivity index (χ2v) is 9.70. The van der Waals surface area contributed by atoms with Crippen molar-refractivity contribution >= 4 is 10.0 Å². The molecular formula is C21H28N4O2S. The highest BCUT2D eigenvalue weighted by atomic mass is 32.2. The molecule has 0 aliphatic carbocycles. The predicted octanol–water partition coefficient (Wildman–Crippen LogP) is 2.18. The molecule has 28 heavy (non-hydrogen) atoms. The van der Waals surface area contributed by atoms with Crippen LogP contribution in [0.3, 0.4) is 0 Å². The smallest absolute Gasteiger partial charge is 0.243 e. The highest BCUT2D eigenvalue weighted by Gasteiger charge is 2.34. The van der Waals surface area contributed by atoms with Gasteiger partial charge in [-0.3, -0.25) is 4.90 Å². The number of rotatable bonds is 4. The van der Waals surface area contributed by atoms with Gasteiger partial charge in [-0.15, -0.1) is 0 Å². The zero-order chi connectivity index (χ0) is 19.7. The van der Waals surface area contributed by atoms with Gasteiger partial charge < -0.3 is 0 Å². The Labute approximate surface area is 167 Å². The molecule has 4 rings (SSSR count). The average Bonchev–Trinajstić information content (AvgIpc) is 3.18. The summed E-state index contributed by atoms with van der Waals surface area (Å²) in [5.74, 6) is 0. The zero-order valence-corrected chi connectivity index (χ0v) is 17.2. The number of aryl methyl sites for hydroxylation is 2. The Morgan fingerprint density at radius 1 is 0.893 bits per heavy atom. The summed E-state index contributed by atoms with van der Waals surface area (Å²) in [5, 5.41) is 0. The van der Waals surface area contributed by atoms with Crippen LogP contribution >= 0.6 is 0 Å². The predicted molar refractivity (Wildman–Crippen MR) is 110 cm³/mol. The fraction of sp³-hybridized carbons (Fsp3) is 0.429. The van der Waals surface area contributed by atoms with Crippen LogP contribution in [0.4, 0.5) is 0 Å². The van der Waals surface area contributed by atoms with E-state index in [0.717, 1.165) is 30.6 Å². The number of sulfonamides is 1. The van der Waals surface area contributed by atoms with Gasteiger partial charge in [-0.1, -0.05) is 36.4 Å². The summed E-state index contributed by atoms with van der Waals surface area (Å²) in [7, 11) is -3.44. The number of benzene rings is 2. The van der Waals surface area contributed by atoms with Crippen LogP contribution in [-0.2, 0) is 10.0 Å². The normalized spacial score (nSPS) is 24.5. The fourth-order valence-electron chi connectivity index (χ4n) is 4.17. The van der Waals surface area contributed by atoms with E-state index in [4.69, 9.17) is 0 Å². The van der Waals surface area contributed by atoms with Crippen molar-refractivity contribution in [3.05, 3.63) is 65.2 Å². The molecular weight excluding hydrogens is 372 g/mol. The zero-order valence-electron chi connectivity index (χ0n) is 16.4. The molecule has 7 heteroatoms. The molecule has 0 aromatic heterocycles. The molecule has 0 bridgehead atoms. The Bertz CT molecular complexity index is 904. The third-order valence-electron chi connectivity index (χ3n) is 5.63. The molecule has 2 aliphatic heterocycles. The summed E-state index contributed by atoms with van der Waals surface area (Å²) < 4.78 is 27.7. The molecule has 2 fully saturated rings. The lowest BCUT2D eigenvalue weighted by Crippen LogP contribution is -2.55. The van der Waals surface area contributed by atoms with Crippen molar-refractivity contribution in [3.8, 4) is 0 Å². The molecule has 2 aliphatic rings. The number of hydrogen-bond acceptors (Lipinski definition) is 5. The molecule has 2 N–H and O–H groups in total. The van der Waals surface area contributed by atoms with Gasteiger partial charge in [0.25, 0.3) is 0 Å². The van der Waals surface area contributed by atoms with Gasteiger partial charge in [-0.05, 0) is 49.1 Å². The lowest BCUT2D eigenvalue weighted by atomic mass is 10.0. The number of hydrazine groups is 1. The Morgan fingerprint density at radius 2 is 1.54 bits per heavy atom. The fourth-order valence-corrected chi connectivity index (χ4v) is 5.78. The summed E-state index contributed by atoms with van der Waals surface area (Å²) in [6.07, 6.45) is 1.18.